The third-order valence-corrected chi connectivity index (χ3v) is 6.83. The predicted molar refractivity (Wildman–Crippen MR) is 132 cm³/mol. The van der Waals surface area contributed by atoms with E-state index in [1.165, 1.54) is 18.2 Å². The number of piperidine rings is 1. The van der Waals surface area contributed by atoms with Gasteiger partial charge in [0.25, 0.3) is 0 Å². The Kier molecular flexibility index (Phi) is 7.83. The average Bonchev–Trinajstić information content (AvgIpc) is 3.24. The van der Waals surface area contributed by atoms with Gasteiger partial charge in [0.2, 0.25) is 5.91 Å². The van der Waals surface area contributed by atoms with E-state index in [1.807, 2.05) is 58.0 Å². The van der Waals surface area contributed by atoms with Crippen LogP contribution in [0.25, 0.3) is 11.1 Å². The molecule has 0 radical (unpaired) electrons. The summed E-state index contributed by atoms with van der Waals surface area (Å²) >= 11 is 1.43. The van der Waals surface area contributed by atoms with Gasteiger partial charge in [-0.15, -0.1) is 16.8 Å². The molecule has 7 heteroatoms. The third kappa shape index (κ3) is 5.66. The number of hydrogen-bond acceptors (Lipinski definition) is 5. The van der Waals surface area contributed by atoms with Crippen molar-refractivity contribution in [2.24, 2.45) is 0 Å². The van der Waals surface area contributed by atoms with E-state index >= 15 is 0 Å². The van der Waals surface area contributed by atoms with E-state index in [0.29, 0.717) is 29.3 Å². The summed E-state index contributed by atoms with van der Waals surface area (Å²) in [6.07, 6.45) is 5.17. The molecule has 0 N–H and O–H groups in total. The van der Waals surface area contributed by atoms with E-state index in [1.54, 1.807) is 0 Å². The number of likely N-dealkylation sites (tertiary alicyclic amines) is 1. The van der Waals surface area contributed by atoms with Gasteiger partial charge in [0.05, 0.1) is 5.75 Å². The Morgan fingerprint density at radius 1 is 1.15 bits per heavy atom. The molecular formula is C26H30N4O2S. The first-order valence-corrected chi connectivity index (χ1v) is 12.4. The molecule has 1 aromatic heterocycles. The van der Waals surface area contributed by atoms with Crippen LogP contribution in [-0.4, -0.2) is 43.9 Å². The summed E-state index contributed by atoms with van der Waals surface area (Å²) in [6.45, 7) is 7.68. The van der Waals surface area contributed by atoms with Crippen LogP contribution in [0, 0.1) is 0 Å². The van der Waals surface area contributed by atoms with Gasteiger partial charge in [0.15, 0.2) is 11.0 Å². The smallest absolute Gasteiger partial charge is 0.233 e. The molecule has 1 saturated heterocycles. The van der Waals surface area contributed by atoms with Crippen LogP contribution < -0.4 is 4.74 Å². The minimum atomic E-state index is 0.162. The van der Waals surface area contributed by atoms with Crippen LogP contribution in [0.2, 0.25) is 0 Å². The second-order valence-electron chi connectivity index (χ2n) is 8.17. The fraction of sp³-hybridized carbons (Fsp3) is 0.346. The third-order valence-electron chi connectivity index (χ3n) is 5.88. The van der Waals surface area contributed by atoms with Crippen molar-refractivity contribution in [2.45, 2.75) is 50.5 Å². The quantitative estimate of drug-likeness (QED) is 0.323. The summed E-state index contributed by atoms with van der Waals surface area (Å²) in [5.74, 6) is 2.02. The summed E-state index contributed by atoms with van der Waals surface area (Å²) in [5.41, 5.74) is 2.13. The number of aromatic nitrogens is 3. The van der Waals surface area contributed by atoms with Crippen molar-refractivity contribution in [2.75, 3.05) is 12.3 Å². The van der Waals surface area contributed by atoms with Gasteiger partial charge in [-0.3, -0.25) is 9.36 Å². The molecule has 1 aliphatic heterocycles. The molecule has 0 spiro atoms. The molecule has 6 nitrogen and oxygen atoms in total. The number of rotatable bonds is 9. The van der Waals surface area contributed by atoms with Gasteiger partial charge in [0, 0.05) is 24.7 Å². The van der Waals surface area contributed by atoms with Gasteiger partial charge in [-0.1, -0.05) is 66.4 Å². The molecule has 1 fully saturated rings. The Morgan fingerprint density at radius 3 is 2.73 bits per heavy atom. The van der Waals surface area contributed by atoms with Gasteiger partial charge in [0.1, 0.15) is 12.4 Å². The standard InChI is InChI=1S/C26H30N4O2S/c1-3-16-30-24(18-32-23-15-8-7-14-22(23)21-12-5-4-6-13-21)27-28-26(30)33-19-25(31)29-17-10-9-11-20(29)2/h3-8,12-15,20H,1,9-11,16-19H2,2H3/t20-/m0/s1. The number of thioether (sulfide) groups is 1. The number of ether oxygens (including phenoxy) is 1. The number of carbonyl (C=O) groups is 1. The van der Waals surface area contributed by atoms with Crippen LogP contribution in [0.4, 0.5) is 0 Å². The van der Waals surface area contributed by atoms with Crippen LogP contribution >= 0.6 is 11.8 Å². The summed E-state index contributed by atoms with van der Waals surface area (Å²) in [6, 6.07) is 18.5. The Balaban J connectivity index is 1.44. The number of allylic oxidation sites excluding steroid dienone is 1. The molecule has 33 heavy (non-hydrogen) atoms. The normalized spacial score (nSPS) is 15.9. The van der Waals surface area contributed by atoms with Crippen LogP contribution in [0.15, 0.2) is 72.4 Å². The molecule has 2 aromatic carbocycles. The van der Waals surface area contributed by atoms with E-state index in [0.717, 1.165) is 36.3 Å². The lowest BCUT2D eigenvalue weighted by atomic mass is 10.0. The lowest BCUT2D eigenvalue weighted by Gasteiger charge is -2.33. The second kappa shape index (κ2) is 11.2. The minimum Gasteiger partial charge on any atom is -0.485 e. The Morgan fingerprint density at radius 2 is 1.94 bits per heavy atom. The van der Waals surface area contributed by atoms with Crippen molar-refractivity contribution in [1.82, 2.24) is 19.7 Å². The number of amides is 1. The summed E-state index contributed by atoms with van der Waals surface area (Å²) in [5, 5.41) is 9.40. The summed E-state index contributed by atoms with van der Waals surface area (Å²) in [7, 11) is 0. The van der Waals surface area contributed by atoms with Crippen molar-refractivity contribution < 1.29 is 9.53 Å². The lowest BCUT2D eigenvalue weighted by Crippen LogP contribution is -2.43. The maximum Gasteiger partial charge on any atom is 0.233 e. The zero-order chi connectivity index (χ0) is 23.0. The van der Waals surface area contributed by atoms with Gasteiger partial charge in [-0.05, 0) is 37.8 Å². The highest BCUT2D eigenvalue weighted by molar-refractivity contribution is 7.99. The number of para-hydroxylation sites is 1. The Hall–Kier alpha value is -3.06. The maximum atomic E-state index is 12.7. The molecular weight excluding hydrogens is 432 g/mol. The molecule has 0 bridgehead atoms. The summed E-state index contributed by atoms with van der Waals surface area (Å²) in [4.78, 5) is 14.7. The molecule has 1 amide bonds. The van der Waals surface area contributed by atoms with Crippen molar-refractivity contribution in [3.63, 3.8) is 0 Å². The van der Waals surface area contributed by atoms with E-state index < -0.39 is 0 Å². The van der Waals surface area contributed by atoms with E-state index in [-0.39, 0.29) is 12.5 Å². The summed E-state index contributed by atoms with van der Waals surface area (Å²) < 4.78 is 8.14. The van der Waals surface area contributed by atoms with Crippen LogP contribution in [-0.2, 0) is 17.9 Å². The first kappa shape index (κ1) is 23.1. The highest BCUT2D eigenvalue weighted by Gasteiger charge is 2.24. The first-order chi connectivity index (χ1) is 16.2. The predicted octanol–water partition coefficient (Wildman–Crippen LogP) is 5.20. The van der Waals surface area contributed by atoms with Crippen molar-refractivity contribution in [3.8, 4) is 16.9 Å². The van der Waals surface area contributed by atoms with E-state index in [4.69, 9.17) is 4.74 Å². The van der Waals surface area contributed by atoms with Crippen LogP contribution in [0.5, 0.6) is 5.75 Å². The van der Waals surface area contributed by atoms with Gasteiger partial charge >= 0.3 is 0 Å². The minimum absolute atomic E-state index is 0.162. The van der Waals surface area contributed by atoms with Crippen LogP contribution in [0.3, 0.4) is 0 Å². The van der Waals surface area contributed by atoms with Crippen molar-refractivity contribution >= 4 is 17.7 Å². The van der Waals surface area contributed by atoms with Gasteiger partial charge in [-0.25, -0.2) is 0 Å². The second-order valence-corrected chi connectivity index (χ2v) is 9.11. The Bertz CT molecular complexity index is 1080. The zero-order valence-electron chi connectivity index (χ0n) is 19.0. The Labute approximate surface area is 199 Å². The number of carbonyl (C=O) groups excluding carboxylic acids is 1. The molecule has 1 aliphatic rings. The van der Waals surface area contributed by atoms with E-state index in [2.05, 4.69) is 35.8 Å². The van der Waals surface area contributed by atoms with Crippen LogP contribution in [0.1, 0.15) is 32.0 Å². The molecule has 3 aromatic rings. The van der Waals surface area contributed by atoms with Crippen molar-refractivity contribution in [1.29, 1.82) is 0 Å². The van der Waals surface area contributed by atoms with Crippen molar-refractivity contribution in [3.05, 3.63) is 73.1 Å². The molecule has 0 aliphatic carbocycles. The monoisotopic (exact) mass is 462 g/mol. The maximum absolute atomic E-state index is 12.7. The average molecular weight is 463 g/mol. The number of benzene rings is 2. The zero-order valence-corrected chi connectivity index (χ0v) is 19.8. The number of nitrogens with zero attached hydrogens (tertiary/aromatic N) is 4. The molecule has 0 unspecified atom stereocenters. The van der Waals surface area contributed by atoms with E-state index in [9.17, 15) is 4.79 Å². The molecule has 172 valence electrons. The highest BCUT2D eigenvalue weighted by Crippen LogP contribution is 2.30. The largest absolute Gasteiger partial charge is 0.485 e. The molecule has 4 rings (SSSR count). The first-order valence-electron chi connectivity index (χ1n) is 11.4. The van der Waals surface area contributed by atoms with Gasteiger partial charge < -0.3 is 9.64 Å². The SMILES string of the molecule is C=CCn1c(COc2ccccc2-c2ccccc2)nnc1SCC(=O)N1CCCC[C@@H]1C. The molecule has 2 heterocycles. The topological polar surface area (TPSA) is 60.2 Å². The van der Waals surface area contributed by atoms with Gasteiger partial charge in [-0.2, -0.15) is 0 Å². The number of hydrogen-bond donors (Lipinski definition) is 0. The highest BCUT2D eigenvalue weighted by atomic mass is 32.2. The lowest BCUT2D eigenvalue weighted by molar-refractivity contribution is -0.131. The fourth-order valence-electron chi connectivity index (χ4n) is 4.11. The molecule has 1 atom stereocenters. The molecule has 0 saturated carbocycles. The fourth-order valence-corrected chi connectivity index (χ4v) is 4.97.